The van der Waals surface area contributed by atoms with Crippen LogP contribution in [0.4, 0.5) is 0 Å². The number of phenolic OH excluding ortho intramolecular Hbond substituents is 1. The molecule has 0 fully saturated rings. The summed E-state index contributed by atoms with van der Waals surface area (Å²) >= 11 is 7.57. The van der Waals surface area contributed by atoms with Gasteiger partial charge in [0.1, 0.15) is 17.0 Å². The van der Waals surface area contributed by atoms with Crippen molar-refractivity contribution in [1.29, 1.82) is 0 Å². The Morgan fingerprint density at radius 2 is 2.03 bits per heavy atom. The molecule has 0 unspecified atom stereocenters. The van der Waals surface area contributed by atoms with Crippen LogP contribution in [0.3, 0.4) is 0 Å². The number of thioether (sulfide) groups is 1. The van der Waals surface area contributed by atoms with E-state index in [0.29, 0.717) is 28.5 Å². The van der Waals surface area contributed by atoms with E-state index in [-0.39, 0.29) is 0 Å². The number of unbranched alkanes of at least 4 members (excludes halogenated alkanes) is 1. The number of aromatic nitrogens is 1. The molecule has 1 heterocycles. The van der Waals surface area contributed by atoms with Gasteiger partial charge in [-0.15, -0.1) is 0 Å². The highest BCUT2D eigenvalue weighted by atomic mass is 35.5. The summed E-state index contributed by atoms with van der Waals surface area (Å²) in [7, 11) is 0. The summed E-state index contributed by atoms with van der Waals surface area (Å²) < 4.78 is 11.6. The zero-order valence-electron chi connectivity index (χ0n) is 17.2. The molecule has 29 heavy (non-hydrogen) atoms. The van der Waals surface area contributed by atoms with Crippen LogP contribution in [0.15, 0.2) is 40.0 Å². The van der Waals surface area contributed by atoms with Crippen LogP contribution >= 0.6 is 23.4 Å². The predicted octanol–water partition coefficient (Wildman–Crippen LogP) is 7.04. The summed E-state index contributed by atoms with van der Waals surface area (Å²) in [6.45, 7) is 6.92. The monoisotopic (exact) mass is 433 g/mol. The van der Waals surface area contributed by atoms with E-state index in [9.17, 15) is 5.11 Å². The second-order valence-corrected chi connectivity index (χ2v) is 9.11. The second-order valence-electron chi connectivity index (χ2n) is 7.62. The maximum Gasteiger partial charge on any atom is 0.256 e. The predicted molar refractivity (Wildman–Crippen MR) is 120 cm³/mol. The molecular weight excluding hydrogens is 406 g/mol. The zero-order valence-corrected chi connectivity index (χ0v) is 18.8. The third-order valence-corrected chi connectivity index (χ3v) is 5.96. The molecule has 1 aromatic heterocycles. The quantitative estimate of drug-likeness (QED) is 0.274. The Hall–Kier alpha value is -1.85. The van der Waals surface area contributed by atoms with Gasteiger partial charge in [0.15, 0.2) is 5.58 Å². The lowest BCUT2D eigenvalue weighted by molar-refractivity contribution is 0.305. The van der Waals surface area contributed by atoms with E-state index < -0.39 is 0 Å². The van der Waals surface area contributed by atoms with Crippen molar-refractivity contribution < 1.29 is 14.3 Å². The van der Waals surface area contributed by atoms with Gasteiger partial charge in [-0.2, -0.15) is 0 Å². The molecule has 2 aromatic carbocycles. The van der Waals surface area contributed by atoms with E-state index in [1.165, 1.54) is 0 Å². The largest absolute Gasteiger partial charge is 0.507 e. The van der Waals surface area contributed by atoms with Gasteiger partial charge >= 0.3 is 0 Å². The van der Waals surface area contributed by atoms with Crippen molar-refractivity contribution in [3.8, 4) is 11.5 Å². The molecule has 156 valence electrons. The van der Waals surface area contributed by atoms with Crippen LogP contribution in [0, 0.1) is 12.8 Å². The van der Waals surface area contributed by atoms with E-state index in [1.54, 1.807) is 17.8 Å². The number of phenols is 1. The van der Waals surface area contributed by atoms with Crippen molar-refractivity contribution in [2.75, 3.05) is 12.4 Å². The van der Waals surface area contributed by atoms with Gasteiger partial charge < -0.3 is 14.3 Å². The Morgan fingerprint density at radius 1 is 1.21 bits per heavy atom. The summed E-state index contributed by atoms with van der Waals surface area (Å²) in [5.41, 5.74) is 3.37. The summed E-state index contributed by atoms with van der Waals surface area (Å²) in [6.07, 6.45) is 3.87. The Balaban J connectivity index is 1.41. The van der Waals surface area contributed by atoms with Gasteiger partial charge in [-0.05, 0) is 62.3 Å². The number of oxazole rings is 1. The summed E-state index contributed by atoms with van der Waals surface area (Å²) in [6, 6.07) is 9.42. The number of hydrogen-bond donors (Lipinski definition) is 1. The summed E-state index contributed by atoms with van der Waals surface area (Å²) in [5, 5.41) is 11.7. The summed E-state index contributed by atoms with van der Waals surface area (Å²) in [4.78, 5) is 4.45. The fraction of sp³-hybridized carbons (Fsp3) is 0.435. The fourth-order valence-electron chi connectivity index (χ4n) is 3.02. The number of fused-ring (bicyclic) bond motifs is 1. The highest BCUT2D eigenvalue weighted by molar-refractivity contribution is 7.99. The molecule has 0 amide bonds. The molecule has 0 atom stereocenters. The van der Waals surface area contributed by atoms with Crippen LogP contribution in [0.2, 0.25) is 5.02 Å². The third-order valence-electron chi connectivity index (χ3n) is 4.81. The number of benzene rings is 2. The van der Waals surface area contributed by atoms with Crippen LogP contribution in [0.5, 0.6) is 11.5 Å². The van der Waals surface area contributed by atoms with Crippen LogP contribution < -0.4 is 4.74 Å². The van der Waals surface area contributed by atoms with Crippen molar-refractivity contribution in [3.63, 3.8) is 0 Å². The van der Waals surface area contributed by atoms with Gasteiger partial charge in [0.2, 0.25) is 0 Å². The number of ether oxygens (including phenoxy) is 1. The topological polar surface area (TPSA) is 55.5 Å². The minimum absolute atomic E-state index is 0.370. The maximum atomic E-state index is 10.4. The SMILES string of the molecule is Cc1c(OCCCCSc2nc3ccc(Cl)cc3o2)ccc(CCC(C)C)c1O. The number of halogens is 1. The van der Waals surface area contributed by atoms with Gasteiger partial charge in [0.25, 0.3) is 5.22 Å². The van der Waals surface area contributed by atoms with E-state index in [0.717, 1.165) is 59.4 Å². The highest BCUT2D eigenvalue weighted by Crippen LogP contribution is 2.32. The molecule has 3 rings (SSSR count). The first-order valence-corrected chi connectivity index (χ1v) is 11.4. The van der Waals surface area contributed by atoms with Gasteiger partial charge in [0.05, 0.1) is 6.61 Å². The fourth-order valence-corrected chi connectivity index (χ4v) is 4.02. The number of hydrogen-bond acceptors (Lipinski definition) is 5. The first-order valence-electron chi connectivity index (χ1n) is 10.1. The first-order chi connectivity index (χ1) is 13.9. The standard InChI is InChI=1S/C23H28ClNO3S/c1-15(2)6-7-17-8-11-20(16(3)22(17)26)27-12-4-5-13-29-23-25-19-10-9-18(24)14-21(19)28-23/h8-11,14-15,26H,4-7,12-13H2,1-3H3. The van der Waals surface area contributed by atoms with E-state index in [2.05, 4.69) is 18.8 Å². The van der Waals surface area contributed by atoms with Gasteiger partial charge in [0, 0.05) is 22.4 Å². The molecule has 6 heteroatoms. The van der Waals surface area contributed by atoms with E-state index >= 15 is 0 Å². The Kier molecular flexibility index (Phi) is 7.73. The molecule has 4 nitrogen and oxygen atoms in total. The van der Waals surface area contributed by atoms with Crippen molar-refractivity contribution >= 4 is 34.5 Å². The lowest BCUT2D eigenvalue weighted by Gasteiger charge is -2.14. The first kappa shape index (κ1) is 21.8. The molecule has 0 radical (unpaired) electrons. The average Bonchev–Trinajstić information content (AvgIpc) is 3.08. The minimum Gasteiger partial charge on any atom is -0.507 e. The Labute approximate surface area is 181 Å². The van der Waals surface area contributed by atoms with Gasteiger partial charge in [-0.3, -0.25) is 0 Å². The molecular formula is C23H28ClNO3S. The normalized spacial score (nSPS) is 11.5. The maximum absolute atomic E-state index is 10.4. The number of aryl methyl sites for hydroxylation is 1. The van der Waals surface area contributed by atoms with E-state index in [4.69, 9.17) is 20.8 Å². The molecule has 0 spiro atoms. The highest BCUT2D eigenvalue weighted by Gasteiger charge is 2.11. The molecule has 1 N–H and O–H groups in total. The van der Waals surface area contributed by atoms with Crippen LogP contribution in [0.1, 0.15) is 44.2 Å². The minimum atomic E-state index is 0.370. The lowest BCUT2D eigenvalue weighted by atomic mass is 10.00. The van der Waals surface area contributed by atoms with Crippen LogP contribution in [-0.2, 0) is 6.42 Å². The number of aromatic hydroxyl groups is 1. The second kappa shape index (κ2) is 10.3. The van der Waals surface area contributed by atoms with Crippen molar-refractivity contribution in [2.24, 2.45) is 5.92 Å². The molecule has 0 aliphatic heterocycles. The van der Waals surface area contributed by atoms with Crippen molar-refractivity contribution in [1.82, 2.24) is 4.98 Å². The van der Waals surface area contributed by atoms with Crippen molar-refractivity contribution in [2.45, 2.75) is 51.7 Å². The van der Waals surface area contributed by atoms with Crippen LogP contribution in [0.25, 0.3) is 11.1 Å². The molecule has 0 bridgehead atoms. The smallest absolute Gasteiger partial charge is 0.256 e. The molecule has 0 aliphatic carbocycles. The Bertz CT molecular complexity index is 955. The number of nitrogens with zero attached hydrogens (tertiary/aromatic N) is 1. The molecule has 3 aromatic rings. The molecule has 0 aliphatic rings. The average molecular weight is 434 g/mol. The summed E-state index contributed by atoms with van der Waals surface area (Å²) in [5.74, 6) is 2.66. The zero-order chi connectivity index (χ0) is 20.8. The third kappa shape index (κ3) is 6.06. The van der Waals surface area contributed by atoms with E-state index in [1.807, 2.05) is 31.2 Å². The Morgan fingerprint density at radius 3 is 2.83 bits per heavy atom. The number of rotatable bonds is 10. The lowest BCUT2D eigenvalue weighted by Crippen LogP contribution is -2.01. The van der Waals surface area contributed by atoms with Gasteiger partial charge in [-0.25, -0.2) is 4.98 Å². The molecule has 0 saturated heterocycles. The molecule has 0 saturated carbocycles. The van der Waals surface area contributed by atoms with Gasteiger partial charge in [-0.1, -0.05) is 43.3 Å². The van der Waals surface area contributed by atoms with Crippen molar-refractivity contribution in [3.05, 3.63) is 46.5 Å². The van der Waals surface area contributed by atoms with Crippen LogP contribution in [-0.4, -0.2) is 22.5 Å².